The molecular weight excluding hydrogens is 250 g/mol. The van der Waals surface area contributed by atoms with Gasteiger partial charge in [0.2, 0.25) is 5.91 Å². The highest BCUT2D eigenvalue weighted by Crippen LogP contribution is 2.17. The summed E-state index contributed by atoms with van der Waals surface area (Å²) in [4.78, 5) is 14.3. The molecule has 3 N–H and O–H groups in total. The Morgan fingerprint density at radius 2 is 1.85 bits per heavy atom. The molecule has 2 unspecified atom stereocenters. The van der Waals surface area contributed by atoms with E-state index in [0.29, 0.717) is 13.1 Å². The second-order valence-corrected chi connectivity index (χ2v) is 5.72. The summed E-state index contributed by atoms with van der Waals surface area (Å²) in [5.74, 6) is 0.188. The molecule has 0 fully saturated rings. The molecule has 0 aromatic heterocycles. The van der Waals surface area contributed by atoms with Crippen LogP contribution in [0.2, 0.25) is 0 Å². The Hall–Kier alpha value is -1.39. The fourth-order valence-corrected chi connectivity index (χ4v) is 2.28. The van der Waals surface area contributed by atoms with Crippen LogP contribution in [0.4, 0.5) is 0 Å². The number of nitrogens with two attached hydrogens (primary N) is 1. The average molecular weight is 277 g/mol. The lowest BCUT2D eigenvalue weighted by Crippen LogP contribution is -2.41. The molecule has 0 bridgehead atoms. The maximum absolute atomic E-state index is 12.2. The minimum Gasteiger partial charge on any atom is -0.354 e. The minimum absolute atomic E-state index is 0.0466. The van der Waals surface area contributed by atoms with Gasteiger partial charge in [-0.15, -0.1) is 0 Å². The number of hydrogen-bond donors (Lipinski definition) is 2. The number of amides is 1. The third kappa shape index (κ3) is 4.62. The normalized spacial score (nSPS) is 14.3. The molecule has 0 saturated heterocycles. The monoisotopic (exact) mass is 277 g/mol. The second-order valence-electron chi connectivity index (χ2n) is 5.72. The standard InChI is InChI=1S/C16H27N3O/c1-12(2)14(10-17)16(20)18-11-15(19(3)4)13-8-6-5-7-9-13/h5-9,12,14-15H,10-11,17H2,1-4H3,(H,18,20). The molecule has 4 nitrogen and oxygen atoms in total. The van der Waals surface area contributed by atoms with Gasteiger partial charge < -0.3 is 16.0 Å². The number of hydrogen-bond acceptors (Lipinski definition) is 3. The summed E-state index contributed by atoms with van der Waals surface area (Å²) >= 11 is 0. The predicted molar refractivity (Wildman–Crippen MR) is 83.3 cm³/mol. The Balaban J connectivity index is 2.67. The van der Waals surface area contributed by atoms with Crippen LogP contribution in [0.3, 0.4) is 0 Å². The van der Waals surface area contributed by atoms with Crippen LogP contribution in [0.25, 0.3) is 0 Å². The lowest BCUT2D eigenvalue weighted by Gasteiger charge is -2.26. The van der Waals surface area contributed by atoms with Crippen molar-refractivity contribution in [3.8, 4) is 0 Å². The van der Waals surface area contributed by atoms with Crippen molar-refractivity contribution in [3.05, 3.63) is 35.9 Å². The smallest absolute Gasteiger partial charge is 0.224 e. The zero-order chi connectivity index (χ0) is 15.1. The molecule has 0 heterocycles. The van der Waals surface area contributed by atoms with Gasteiger partial charge in [-0.3, -0.25) is 4.79 Å². The van der Waals surface area contributed by atoms with E-state index < -0.39 is 0 Å². The zero-order valence-electron chi connectivity index (χ0n) is 13.0. The number of nitrogens with zero attached hydrogens (tertiary/aromatic N) is 1. The number of rotatable bonds is 7. The van der Waals surface area contributed by atoms with E-state index in [9.17, 15) is 4.79 Å². The fourth-order valence-electron chi connectivity index (χ4n) is 2.28. The van der Waals surface area contributed by atoms with E-state index in [-0.39, 0.29) is 23.8 Å². The van der Waals surface area contributed by atoms with Crippen LogP contribution >= 0.6 is 0 Å². The van der Waals surface area contributed by atoms with E-state index in [0.717, 1.165) is 0 Å². The van der Waals surface area contributed by atoms with Crippen LogP contribution < -0.4 is 11.1 Å². The molecule has 0 spiro atoms. The predicted octanol–water partition coefficient (Wildman–Crippen LogP) is 1.64. The summed E-state index contributed by atoms with van der Waals surface area (Å²) in [7, 11) is 4.04. The zero-order valence-corrected chi connectivity index (χ0v) is 13.0. The van der Waals surface area contributed by atoms with E-state index in [1.54, 1.807) is 0 Å². The van der Waals surface area contributed by atoms with Crippen LogP contribution in [0.1, 0.15) is 25.5 Å². The first kappa shape index (κ1) is 16.7. The Morgan fingerprint density at radius 3 is 2.30 bits per heavy atom. The van der Waals surface area contributed by atoms with Gasteiger partial charge in [-0.1, -0.05) is 44.2 Å². The lowest BCUT2D eigenvalue weighted by molar-refractivity contribution is -0.126. The van der Waals surface area contributed by atoms with E-state index in [1.165, 1.54) is 5.56 Å². The van der Waals surface area contributed by atoms with Gasteiger partial charge in [0.1, 0.15) is 0 Å². The molecule has 1 aromatic rings. The van der Waals surface area contributed by atoms with Crippen molar-refractivity contribution >= 4 is 5.91 Å². The van der Waals surface area contributed by atoms with Crippen molar-refractivity contribution in [1.82, 2.24) is 10.2 Å². The van der Waals surface area contributed by atoms with Crippen molar-refractivity contribution in [1.29, 1.82) is 0 Å². The number of likely N-dealkylation sites (N-methyl/N-ethyl adjacent to an activating group) is 1. The van der Waals surface area contributed by atoms with Gasteiger partial charge in [-0.25, -0.2) is 0 Å². The van der Waals surface area contributed by atoms with Crippen LogP contribution in [-0.2, 0) is 4.79 Å². The summed E-state index contributed by atoms with van der Waals surface area (Å²) < 4.78 is 0. The molecular formula is C16H27N3O. The third-order valence-electron chi connectivity index (χ3n) is 3.67. The molecule has 2 atom stereocenters. The fraction of sp³-hybridized carbons (Fsp3) is 0.562. The highest BCUT2D eigenvalue weighted by atomic mass is 16.1. The van der Waals surface area contributed by atoms with Crippen LogP contribution in [0.5, 0.6) is 0 Å². The third-order valence-corrected chi connectivity index (χ3v) is 3.67. The topological polar surface area (TPSA) is 58.4 Å². The van der Waals surface area contributed by atoms with Gasteiger partial charge in [0, 0.05) is 13.1 Å². The highest BCUT2D eigenvalue weighted by Gasteiger charge is 2.22. The number of carbonyl (C=O) groups is 1. The molecule has 0 aliphatic rings. The summed E-state index contributed by atoms with van der Waals surface area (Å²) in [5, 5.41) is 3.03. The van der Waals surface area contributed by atoms with Gasteiger partial charge in [-0.2, -0.15) is 0 Å². The quantitative estimate of drug-likeness (QED) is 0.796. The van der Waals surface area contributed by atoms with Crippen molar-refractivity contribution in [2.24, 2.45) is 17.6 Å². The van der Waals surface area contributed by atoms with Crippen LogP contribution in [0.15, 0.2) is 30.3 Å². The number of carbonyl (C=O) groups excluding carboxylic acids is 1. The SMILES string of the molecule is CC(C)C(CN)C(=O)NCC(c1ccccc1)N(C)C. The van der Waals surface area contributed by atoms with Crippen molar-refractivity contribution < 1.29 is 4.79 Å². The summed E-state index contributed by atoms with van der Waals surface area (Å²) in [6.45, 7) is 5.04. The summed E-state index contributed by atoms with van der Waals surface area (Å²) in [5.41, 5.74) is 6.88. The summed E-state index contributed by atoms with van der Waals surface area (Å²) in [6, 6.07) is 10.4. The Labute approximate surface area is 122 Å². The molecule has 1 aromatic carbocycles. The Morgan fingerprint density at radius 1 is 1.25 bits per heavy atom. The minimum atomic E-state index is -0.117. The maximum Gasteiger partial charge on any atom is 0.224 e. The largest absolute Gasteiger partial charge is 0.354 e. The number of nitrogens with one attached hydrogen (secondary N) is 1. The van der Waals surface area contributed by atoms with Gasteiger partial charge in [0.25, 0.3) is 0 Å². The summed E-state index contributed by atoms with van der Waals surface area (Å²) in [6.07, 6.45) is 0. The Kier molecular flexibility index (Phi) is 6.68. The van der Waals surface area contributed by atoms with E-state index in [4.69, 9.17) is 5.73 Å². The molecule has 0 aliphatic carbocycles. The van der Waals surface area contributed by atoms with Gasteiger partial charge >= 0.3 is 0 Å². The van der Waals surface area contributed by atoms with Crippen molar-refractivity contribution in [3.63, 3.8) is 0 Å². The molecule has 1 rings (SSSR count). The van der Waals surface area contributed by atoms with Gasteiger partial charge in [-0.05, 0) is 25.6 Å². The molecule has 112 valence electrons. The number of benzene rings is 1. The molecule has 1 amide bonds. The van der Waals surface area contributed by atoms with E-state index >= 15 is 0 Å². The van der Waals surface area contributed by atoms with Crippen LogP contribution in [-0.4, -0.2) is 38.0 Å². The van der Waals surface area contributed by atoms with Gasteiger partial charge in [0.05, 0.1) is 12.0 Å². The molecule has 4 heteroatoms. The van der Waals surface area contributed by atoms with Gasteiger partial charge in [0.15, 0.2) is 0 Å². The van der Waals surface area contributed by atoms with Crippen LogP contribution in [0, 0.1) is 11.8 Å². The maximum atomic E-state index is 12.2. The first-order valence-corrected chi connectivity index (χ1v) is 7.16. The highest BCUT2D eigenvalue weighted by molar-refractivity contribution is 5.79. The van der Waals surface area contributed by atoms with E-state index in [2.05, 4.69) is 22.3 Å². The molecule has 0 radical (unpaired) electrons. The average Bonchev–Trinajstić information content (AvgIpc) is 2.40. The lowest BCUT2D eigenvalue weighted by atomic mass is 9.95. The molecule has 0 aliphatic heterocycles. The molecule has 0 saturated carbocycles. The first-order valence-electron chi connectivity index (χ1n) is 7.16. The molecule has 20 heavy (non-hydrogen) atoms. The Bertz CT molecular complexity index is 403. The van der Waals surface area contributed by atoms with Crippen molar-refractivity contribution in [2.45, 2.75) is 19.9 Å². The van der Waals surface area contributed by atoms with E-state index in [1.807, 2.05) is 46.1 Å². The first-order chi connectivity index (χ1) is 9.47. The second kappa shape index (κ2) is 8.02. The van der Waals surface area contributed by atoms with Crippen molar-refractivity contribution in [2.75, 3.05) is 27.2 Å².